The molecule has 3 rings (SSSR count). The number of nitrogens with one attached hydrogen (secondary N) is 1. The summed E-state index contributed by atoms with van der Waals surface area (Å²) in [4.78, 5) is 12.2. The summed E-state index contributed by atoms with van der Waals surface area (Å²) in [5.41, 5.74) is 3.14. The molecule has 0 atom stereocenters. The van der Waals surface area contributed by atoms with Crippen LogP contribution in [0.3, 0.4) is 0 Å². The first-order chi connectivity index (χ1) is 13.4. The van der Waals surface area contributed by atoms with E-state index in [1.165, 1.54) is 11.6 Å². The van der Waals surface area contributed by atoms with E-state index in [-0.39, 0.29) is 5.91 Å². The lowest BCUT2D eigenvalue weighted by atomic mass is 10.0. The van der Waals surface area contributed by atoms with Gasteiger partial charge >= 0.3 is 0 Å². The third-order valence-electron chi connectivity index (χ3n) is 4.28. The van der Waals surface area contributed by atoms with Crippen LogP contribution >= 0.6 is 23.2 Å². The Hall–Kier alpha value is -2.56. The van der Waals surface area contributed by atoms with Crippen molar-refractivity contribution in [1.82, 2.24) is 9.78 Å². The van der Waals surface area contributed by atoms with E-state index in [4.69, 9.17) is 23.2 Å². The average molecular weight is 414 g/mol. The first-order valence-corrected chi connectivity index (χ1v) is 9.73. The molecule has 144 valence electrons. The van der Waals surface area contributed by atoms with Crippen LogP contribution in [-0.4, -0.2) is 15.7 Å². The Kier molecular flexibility index (Phi) is 6.55. The highest BCUT2D eigenvalue weighted by atomic mass is 35.5. The molecule has 0 aliphatic heterocycles. The zero-order chi connectivity index (χ0) is 20.1. The van der Waals surface area contributed by atoms with Crippen molar-refractivity contribution in [3.63, 3.8) is 0 Å². The van der Waals surface area contributed by atoms with Crippen LogP contribution in [0, 0.1) is 0 Å². The summed E-state index contributed by atoms with van der Waals surface area (Å²) >= 11 is 12.4. The highest BCUT2D eigenvalue weighted by molar-refractivity contribution is 6.33. The van der Waals surface area contributed by atoms with E-state index in [1.807, 2.05) is 36.4 Å². The van der Waals surface area contributed by atoms with Crippen LogP contribution < -0.4 is 5.32 Å². The molecule has 3 aromatic rings. The van der Waals surface area contributed by atoms with Crippen LogP contribution in [-0.2, 0) is 11.3 Å². The summed E-state index contributed by atoms with van der Waals surface area (Å²) in [6.07, 6.45) is 4.89. The van der Waals surface area contributed by atoms with E-state index in [0.29, 0.717) is 28.3 Å². The molecular formula is C22H21Cl2N3O. The second-order valence-electron chi connectivity index (χ2n) is 6.76. The molecule has 0 saturated carbocycles. The molecule has 0 fully saturated rings. The number of hydrogen-bond donors (Lipinski definition) is 1. The fourth-order valence-corrected chi connectivity index (χ4v) is 3.08. The number of carbonyl (C=O) groups excluding carboxylic acids is 1. The summed E-state index contributed by atoms with van der Waals surface area (Å²) in [7, 11) is 0. The van der Waals surface area contributed by atoms with Crippen molar-refractivity contribution in [2.75, 3.05) is 5.32 Å². The van der Waals surface area contributed by atoms with Gasteiger partial charge in [-0.1, -0.05) is 79.5 Å². The maximum atomic E-state index is 12.2. The van der Waals surface area contributed by atoms with E-state index < -0.39 is 0 Å². The summed E-state index contributed by atoms with van der Waals surface area (Å²) in [5, 5.41) is 8.07. The summed E-state index contributed by atoms with van der Waals surface area (Å²) < 4.78 is 1.65. The number of anilines is 1. The molecule has 0 aliphatic rings. The second kappa shape index (κ2) is 9.09. The Morgan fingerprint density at radius 3 is 2.50 bits per heavy atom. The molecule has 1 heterocycles. The Morgan fingerprint density at radius 2 is 1.82 bits per heavy atom. The first kappa shape index (κ1) is 20.2. The fraction of sp³-hybridized carbons (Fsp3) is 0.182. The topological polar surface area (TPSA) is 46.9 Å². The average Bonchev–Trinajstić information content (AvgIpc) is 3.01. The molecule has 28 heavy (non-hydrogen) atoms. The third-order valence-corrected chi connectivity index (χ3v) is 4.92. The minimum atomic E-state index is -0.294. The first-order valence-electron chi connectivity index (χ1n) is 8.98. The lowest BCUT2D eigenvalue weighted by Crippen LogP contribution is -2.09. The number of aromatic nitrogens is 2. The van der Waals surface area contributed by atoms with Crippen LogP contribution in [0.1, 0.15) is 36.5 Å². The standard InChI is InChI=1S/C22H21Cl2N3O/c1-15(2)17-10-7-16(8-11-17)9-12-21(28)25-22-20(24)14-27(26-22)13-18-5-3-4-6-19(18)23/h3-12,14-15H,13H2,1-2H3,(H,25,26,28)/b12-9+. The summed E-state index contributed by atoms with van der Waals surface area (Å²) in [5.74, 6) is 0.501. The molecule has 0 aliphatic carbocycles. The Labute approximate surface area is 174 Å². The van der Waals surface area contributed by atoms with Gasteiger partial charge in [0.25, 0.3) is 0 Å². The number of benzene rings is 2. The molecule has 2 aromatic carbocycles. The number of amides is 1. The van der Waals surface area contributed by atoms with Gasteiger partial charge in [0.2, 0.25) is 5.91 Å². The van der Waals surface area contributed by atoms with E-state index in [2.05, 4.69) is 36.4 Å². The van der Waals surface area contributed by atoms with Gasteiger partial charge < -0.3 is 5.32 Å². The minimum absolute atomic E-state index is 0.294. The normalized spacial score (nSPS) is 11.3. The van der Waals surface area contributed by atoms with Gasteiger partial charge in [0.15, 0.2) is 5.82 Å². The number of hydrogen-bond acceptors (Lipinski definition) is 2. The van der Waals surface area contributed by atoms with Gasteiger partial charge in [0, 0.05) is 17.3 Å². The summed E-state index contributed by atoms with van der Waals surface area (Å²) in [6, 6.07) is 15.6. The lowest BCUT2D eigenvalue weighted by molar-refractivity contribution is -0.111. The maximum Gasteiger partial charge on any atom is 0.249 e. The molecule has 0 bridgehead atoms. The van der Waals surface area contributed by atoms with Gasteiger partial charge in [-0.15, -0.1) is 0 Å². The minimum Gasteiger partial charge on any atom is -0.304 e. The van der Waals surface area contributed by atoms with Crippen molar-refractivity contribution < 1.29 is 4.79 Å². The predicted octanol–water partition coefficient (Wildman–Crippen LogP) is 6.01. The molecule has 1 aromatic heterocycles. The monoisotopic (exact) mass is 413 g/mol. The van der Waals surface area contributed by atoms with Gasteiger partial charge in [0.05, 0.1) is 6.54 Å². The van der Waals surface area contributed by atoms with Crippen molar-refractivity contribution >= 4 is 41.0 Å². The largest absolute Gasteiger partial charge is 0.304 e. The van der Waals surface area contributed by atoms with Crippen LogP contribution in [0.15, 0.2) is 60.8 Å². The molecule has 1 amide bonds. The van der Waals surface area contributed by atoms with Crippen molar-refractivity contribution in [1.29, 1.82) is 0 Å². The molecule has 0 unspecified atom stereocenters. The maximum absolute atomic E-state index is 12.2. The molecule has 1 N–H and O–H groups in total. The van der Waals surface area contributed by atoms with Crippen molar-refractivity contribution in [3.8, 4) is 0 Å². The molecule has 0 saturated heterocycles. The van der Waals surface area contributed by atoms with Crippen LogP contribution in [0.2, 0.25) is 10.0 Å². The fourth-order valence-electron chi connectivity index (χ4n) is 2.69. The quantitative estimate of drug-likeness (QED) is 0.502. The van der Waals surface area contributed by atoms with Crippen molar-refractivity contribution in [2.24, 2.45) is 0 Å². The van der Waals surface area contributed by atoms with Crippen LogP contribution in [0.5, 0.6) is 0 Å². The number of rotatable bonds is 6. The summed E-state index contributed by atoms with van der Waals surface area (Å²) in [6.45, 7) is 4.76. The predicted molar refractivity (Wildman–Crippen MR) is 116 cm³/mol. The molecule has 0 spiro atoms. The number of nitrogens with zero attached hydrogens (tertiary/aromatic N) is 2. The highest BCUT2D eigenvalue weighted by Crippen LogP contribution is 2.22. The Morgan fingerprint density at radius 1 is 1.11 bits per heavy atom. The van der Waals surface area contributed by atoms with Gasteiger partial charge in [-0.2, -0.15) is 5.10 Å². The van der Waals surface area contributed by atoms with Gasteiger partial charge in [-0.3, -0.25) is 9.48 Å². The number of halogens is 2. The van der Waals surface area contributed by atoms with Crippen LogP contribution in [0.25, 0.3) is 6.08 Å². The van der Waals surface area contributed by atoms with Crippen molar-refractivity contribution in [2.45, 2.75) is 26.3 Å². The molecule has 6 heteroatoms. The zero-order valence-electron chi connectivity index (χ0n) is 15.7. The smallest absolute Gasteiger partial charge is 0.249 e. The molecule has 0 radical (unpaired) electrons. The Bertz CT molecular complexity index is 991. The van der Waals surface area contributed by atoms with E-state index in [9.17, 15) is 4.79 Å². The van der Waals surface area contributed by atoms with Gasteiger partial charge in [-0.25, -0.2) is 0 Å². The Balaban J connectivity index is 1.64. The van der Waals surface area contributed by atoms with E-state index >= 15 is 0 Å². The lowest BCUT2D eigenvalue weighted by Gasteiger charge is -2.04. The second-order valence-corrected chi connectivity index (χ2v) is 7.57. The molecule has 4 nitrogen and oxygen atoms in total. The zero-order valence-corrected chi connectivity index (χ0v) is 17.2. The van der Waals surface area contributed by atoms with E-state index in [1.54, 1.807) is 17.0 Å². The van der Waals surface area contributed by atoms with Crippen molar-refractivity contribution in [3.05, 3.63) is 87.5 Å². The SMILES string of the molecule is CC(C)c1ccc(/C=C/C(=O)Nc2nn(Cc3ccccc3Cl)cc2Cl)cc1. The highest BCUT2D eigenvalue weighted by Gasteiger charge is 2.10. The number of carbonyl (C=O) groups is 1. The van der Waals surface area contributed by atoms with Crippen LogP contribution in [0.4, 0.5) is 5.82 Å². The van der Waals surface area contributed by atoms with Gasteiger partial charge in [-0.05, 0) is 34.8 Å². The molecular weight excluding hydrogens is 393 g/mol. The van der Waals surface area contributed by atoms with Gasteiger partial charge in [0.1, 0.15) is 5.02 Å². The third kappa shape index (κ3) is 5.24. The van der Waals surface area contributed by atoms with E-state index in [0.717, 1.165) is 11.1 Å².